The van der Waals surface area contributed by atoms with Gasteiger partial charge in [-0.2, -0.15) is 0 Å². The van der Waals surface area contributed by atoms with Crippen LogP contribution in [0.25, 0.3) is 0 Å². The van der Waals surface area contributed by atoms with Gasteiger partial charge in [0, 0.05) is 23.6 Å². The Labute approximate surface area is 102 Å². The molecule has 1 saturated carbocycles. The van der Waals surface area contributed by atoms with E-state index in [4.69, 9.17) is 5.11 Å². The number of rotatable bonds is 7. The Hall–Kier alpha value is -0.380. The van der Waals surface area contributed by atoms with Gasteiger partial charge >= 0.3 is 0 Å². The summed E-state index contributed by atoms with van der Waals surface area (Å²) in [5, 5.41) is 14.8. The topological polar surface area (TPSA) is 32.3 Å². The van der Waals surface area contributed by atoms with E-state index in [1.165, 1.54) is 17.7 Å². The van der Waals surface area contributed by atoms with Gasteiger partial charge in [-0.05, 0) is 50.0 Å². The third kappa shape index (κ3) is 3.58. The van der Waals surface area contributed by atoms with E-state index < -0.39 is 0 Å². The second-order valence-corrected chi connectivity index (χ2v) is 5.84. The summed E-state index contributed by atoms with van der Waals surface area (Å²) < 4.78 is 0. The van der Waals surface area contributed by atoms with Gasteiger partial charge in [0.2, 0.25) is 0 Å². The van der Waals surface area contributed by atoms with E-state index in [9.17, 15) is 0 Å². The van der Waals surface area contributed by atoms with Gasteiger partial charge in [0.1, 0.15) is 0 Å². The minimum absolute atomic E-state index is 0.305. The maximum Gasteiger partial charge on any atom is 0.0445 e. The maximum atomic E-state index is 9.04. The molecule has 0 aromatic carbocycles. The van der Waals surface area contributed by atoms with Crippen molar-refractivity contribution in [2.75, 3.05) is 6.61 Å². The summed E-state index contributed by atoms with van der Waals surface area (Å²) in [4.78, 5) is 1.44. The molecule has 2 nitrogen and oxygen atoms in total. The number of aliphatic hydroxyl groups is 1. The molecule has 1 aliphatic carbocycles. The first-order valence-electron chi connectivity index (χ1n) is 6.19. The zero-order chi connectivity index (χ0) is 11.4. The summed E-state index contributed by atoms with van der Waals surface area (Å²) in [6.07, 6.45) is 4.68. The number of hydrogen-bond acceptors (Lipinski definition) is 3. The summed E-state index contributed by atoms with van der Waals surface area (Å²) in [5.74, 6) is 0.818. The standard InChI is InChI=1S/C13H21NOS/c1-10(9-12-3-2-8-16-12)14-13(6-7-15)11-4-5-11/h2-3,8,10-11,13-15H,4-7,9H2,1H3. The Morgan fingerprint density at radius 1 is 1.56 bits per heavy atom. The van der Waals surface area contributed by atoms with Crippen LogP contribution in [0, 0.1) is 5.92 Å². The lowest BCUT2D eigenvalue weighted by Gasteiger charge is -2.22. The fourth-order valence-electron chi connectivity index (χ4n) is 2.25. The highest BCUT2D eigenvalue weighted by Crippen LogP contribution is 2.34. The Balaban J connectivity index is 1.78. The Bertz CT molecular complexity index is 295. The van der Waals surface area contributed by atoms with E-state index in [2.05, 4.69) is 29.8 Å². The molecule has 0 saturated heterocycles. The Morgan fingerprint density at radius 3 is 2.94 bits per heavy atom. The third-order valence-electron chi connectivity index (χ3n) is 3.22. The Kier molecular flexibility index (Phi) is 4.38. The molecular weight excluding hydrogens is 218 g/mol. The number of nitrogens with one attached hydrogen (secondary N) is 1. The van der Waals surface area contributed by atoms with Gasteiger partial charge < -0.3 is 10.4 Å². The van der Waals surface area contributed by atoms with Crippen LogP contribution < -0.4 is 5.32 Å². The molecule has 2 rings (SSSR count). The SMILES string of the molecule is CC(Cc1cccs1)NC(CCO)C1CC1. The molecule has 0 radical (unpaired) electrons. The predicted octanol–water partition coefficient (Wildman–Crippen LogP) is 2.43. The first-order valence-corrected chi connectivity index (χ1v) is 7.07. The normalized spacial score (nSPS) is 19.6. The molecule has 1 fully saturated rings. The second kappa shape index (κ2) is 5.80. The van der Waals surface area contributed by atoms with Crippen molar-refractivity contribution in [2.24, 2.45) is 5.92 Å². The molecule has 0 amide bonds. The van der Waals surface area contributed by atoms with E-state index in [1.807, 2.05) is 11.3 Å². The van der Waals surface area contributed by atoms with Crippen LogP contribution in [0.15, 0.2) is 17.5 Å². The molecule has 90 valence electrons. The highest BCUT2D eigenvalue weighted by atomic mass is 32.1. The highest BCUT2D eigenvalue weighted by Gasteiger charge is 2.31. The van der Waals surface area contributed by atoms with Crippen LogP contribution in [0.4, 0.5) is 0 Å². The van der Waals surface area contributed by atoms with Gasteiger partial charge in [-0.3, -0.25) is 0 Å². The number of aliphatic hydroxyl groups excluding tert-OH is 1. The average molecular weight is 239 g/mol. The van der Waals surface area contributed by atoms with Crippen molar-refractivity contribution in [1.82, 2.24) is 5.32 Å². The van der Waals surface area contributed by atoms with Crippen molar-refractivity contribution in [1.29, 1.82) is 0 Å². The third-order valence-corrected chi connectivity index (χ3v) is 4.12. The molecule has 2 N–H and O–H groups in total. The summed E-state index contributed by atoms with van der Waals surface area (Å²) in [6.45, 7) is 2.55. The Morgan fingerprint density at radius 2 is 2.38 bits per heavy atom. The van der Waals surface area contributed by atoms with E-state index in [0.717, 1.165) is 18.8 Å². The molecule has 3 heteroatoms. The van der Waals surface area contributed by atoms with Crippen LogP contribution in [0.5, 0.6) is 0 Å². The molecule has 1 aromatic rings. The fraction of sp³-hybridized carbons (Fsp3) is 0.692. The van der Waals surface area contributed by atoms with Crippen LogP contribution >= 0.6 is 11.3 Å². The summed E-state index contributed by atoms with van der Waals surface area (Å²) in [7, 11) is 0. The van der Waals surface area contributed by atoms with E-state index in [0.29, 0.717) is 18.7 Å². The van der Waals surface area contributed by atoms with Crippen LogP contribution in [0.2, 0.25) is 0 Å². The lowest BCUT2D eigenvalue weighted by molar-refractivity contribution is 0.249. The van der Waals surface area contributed by atoms with Gasteiger partial charge in [-0.15, -0.1) is 11.3 Å². The average Bonchev–Trinajstić information content (AvgIpc) is 2.98. The molecule has 2 atom stereocenters. The second-order valence-electron chi connectivity index (χ2n) is 4.81. The lowest BCUT2D eigenvalue weighted by atomic mass is 10.1. The van der Waals surface area contributed by atoms with Gasteiger partial charge in [-0.1, -0.05) is 6.07 Å². The van der Waals surface area contributed by atoms with Crippen LogP contribution in [-0.2, 0) is 6.42 Å². The molecule has 0 spiro atoms. The maximum absolute atomic E-state index is 9.04. The lowest BCUT2D eigenvalue weighted by Crippen LogP contribution is -2.39. The molecule has 1 aromatic heterocycles. The molecule has 16 heavy (non-hydrogen) atoms. The molecule has 2 unspecified atom stereocenters. The van der Waals surface area contributed by atoms with Gasteiger partial charge in [0.25, 0.3) is 0 Å². The van der Waals surface area contributed by atoms with Gasteiger partial charge in [0.05, 0.1) is 0 Å². The van der Waals surface area contributed by atoms with Crippen molar-refractivity contribution in [3.63, 3.8) is 0 Å². The number of thiophene rings is 1. The summed E-state index contributed by atoms with van der Waals surface area (Å²) in [6, 6.07) is 5.34. The van der Waals surface area contributed by atoms with Crippen molar-refractivity contribution in [3.05, 3.63) is 22.4 Å². The molecule has 0 aliphatic heterocycles. The van der Waals surface area contributed by atoms with Crippen LogP contribution in [0.1, 0.15) is 31.1 Å². The predicted molar refractivity (Wildman–Crippen MR) is 68.8 cm³/mol. The van der Waals surface area contributed by atoms with Crippen molar-refractivity contribution in [3.8, 4) is 0 Å². The van der Waals surface area contributed by atoms with Crippen LogP contribution in [0.3, 0.4) is 0 Å². The van der Waals surface area contributed by atoms with Gasteiger partial charge in [0.15, 0.2) is 0 Å². The van der Waals surface area contributed by atoms with Crippen LogP contribution in [-0.4, -0.2) is 23.8 Å². The summed E-state index contributed by atoms with van der Waals surface area (Å²) >= 11 is 1.83. The summed E-state index contributed by atoms with van der Waals surface area (Å²) in [5.41, 5.74) is 0. The zero-order valence-electron chi connectivity index (χ0n) is 9.86. The minimum Gasteiger partial charge on any atom is -0.396 e. The molecule has 1 heterocycles. The van der Waals surface area contributed by atoms with Crippen molar-refractivity contribution >= 4 is 11.3 Å². The zero-order valence-corrected chi connectivity index (χ0v) is 10.7. The van der Waals surface area contributed by atoms with Crippen molar-refractivity contribution < 1.29 is 5.11 Å². The van der Waals surface area contributed by atoms with Gasteiger partial charge in [-0.25, -0.2) is 0 Å². The number of hydrogen-bond donors (Lipinski definition) is 2. The van der Waals surface area contributed by atoms with E-state index >= 15 is 0 Å². The molecular formula is C13H21NOS. The minimum atomic E-state index is 0.305. The van der Waals surface area contributed by atoms with Crippen molar-refractivity contribution in [2.45, 2.75) is 44.7 Å². The highest BCUT2D eigenvalue weighted by molar-refractivity contribution is 7.09. The first kappa shape index (κ1) is 12.1. The smallest absolute Gasteiger partial charge is 0.0445 e. The monoisotopic (exact) mass is 239 g/mol. The quantitative estimate of drug-likeness (QED) is 0.766. The molecule has 1 aliphatic rings. The molecule has 0 bridgehead atoms. The van der Waals surface area contributed by atoms with E-state index in [-0.39, 0.29) is 0 Å². The van der Waals surface area contributed by atoms with E-state index in [1.54, 1.807) is 0 Å². The largest absolute Gasteiger partial charge is 0.396 e. The first-order chi connectivity index (χ1) is 7.79. The fourth-order valence-corrected chi connectivity index (χ4v) is 3.08.